The number of hydrogen-bond donors (Lipinski definition) is 9. The maximum absolute atomic E-state index is 12.7. The number of nitrogens with two attached hydrogens (primary N) is 1. The van der Waals surface area contributed by atoms with E-state index in [4.69, 9.17) is 19.5 Å². The molecule has 2 aromatic heterocycles. The fourth-order valence-electron chi connectivity index (χ4n) is 5.47. The molecule has 1 fully saturated rings. The van der Waals surface area contributed by atoms with Crippen molar-refractivity contribution in [2.45, 2.75) is 96.4 Å². The lowest BCUT2D eigenvalue weighted by Crippen LogP contribution is -2.46. The van der Waals surface area contributed by atoms with Crippen LogP contribution in [0.4, 0.5) is 5.82 Å². The van der Waals surface area contributed by atoms with Gasteiger partial charge in [0.15, 0.2) is 17.7 Å². The van der Waals surface area contributed by atoms with Crippen LogP contribution in [0.25, 0.3) is 11.2 Å². The molecular formula is C32H54N7O17P3S2. The number of fused-ring (bicyclic) bond motifs is 1. The molecule has 0 saturated carbocycles. The number of rotatable bonds is 28. The zero-order valence-electron chi connectivity index (χ0n) is 33.6. The standard InChI is InChI=1S/C32H54N7O17P3S2/c1-4-5-6-7-8-9-14-60-15-11-23(41)61-16-13-34-22(40)10-12-35-30(44)27(43)32(2,3)18-53-59(50,51)56-58(48,49)52-17-21-26(55-57(45,46)47)25(42)31(54-21)39-20-38-24-28(33)36-19-37-29(24)39/h11,15,19-21,25-27,31,42-43H,4-10,12-14,16-18H2,1-3H3,(H,34,40)(H,35,44)(H,48,49)(H,50,51)(H2,33,36,37)(H2,45,46,47)/b15-11+/t21-,25-,26-,27+,31-/m1/s1. The second-order valence-electron chi connectivity index (χ2n) is 14.2. The Kier molecular flexibility index (Phi) is 21.4. The second-order valence-corrected chi connectivity index (χ2v) is 20.5. The molecule has 24 nitrogen and oxygen atoms in total. The lowest BCUT2D eigenvalue weighted by molar-refractivity contribution is -0.137. The summed E-state index contributed by atoms with van der Waals surface area (Å²) >= 11 is 2.63. The molecule has 0 spiro atoms. The highest BCUT2D eigenvalue weighted by molar-refractivity contribution is 8.14. The van der Waals surface area contributed by atoms with Gasteiger partial charge in [0.05, 0.1) is 19.5 Å². The molecule has 7 atom stereocenters. The summed E-state index contributed by atoms with van der Waals surface area (Å²) in [6.45, 7) is 2.67. The van der Waals surface area contributed by atoms with Crippen molar-refractivity contribution in [3.8, 4) is 0 Å². The Morgan fingerprint density at radius 2 is 1.69 bits per heavy atom. The molecule has 1 saturated heterocycles. The van der Waals surface area contributed by atoms with Crippen LogP contribution in [0.5, 0.6) is 0 Å². The molecule has 0 aromatic carbocycles. The van der Waals surface area contributed by atoms with E-state index in [1.54, 1.807) is 17.2 Å². The molecule has 29 heteroatoms. The van der Waals surface area contributed by atoms with Crippen molar-refractivity contribution in [2.24, 2.45) is 5.41 Å². The zero-order chi connectivity index (χ0) is 45.4. The summed E-state index contributed by atoms with van der Waals surface area (Å²) in [5, 5.41) is 28.1. The summed E-state index contributed by atoms with van der Waals surface area (Å²) < 4.78 is 62.3. The van der Waals surface area contributed by atoms with Gasteiger partial charge in [-0.1, -0.05) is 64.6 Å². The second kappa shape index (κ2) is 24.6. The Balaban J connectivity index is 1.40. The van der Waals surface area contributed by atoms with Gasteiger partial charge in [0.1, 0.15) is 36.3 Å². The van der Waals surface area contributed by atoms with Gasteiger partial charge >= 0.3 is 23.5 Å². The highest BCUT2D eigenvalue weighted by Gasteiger charge is 2.50. The Morgan fingerprint density at radius 1 is 1.00 bits per heavy atom. The number of carbonyl (C=O) groups excluding carboxylic acids is 3. The summed E-state index contributed by atoms with van der Waals surface area (Å²) in [5.41, 5.74) is 4.27. The van der Waals surface area contributed by atoms with Gasteiger partial charge in [-0.25, -0.2) is 28.6 Å². The lowest BCUT2D eigenvalue weighted by Gasteiger charge is -2.30. The minimum Gasteiger partial charge on any atom is -0.386 e. The Hall–Kier alpha value is -2.35. The molecule has 2 aromatic rings. The quantitative estimate of drug-likeness (QED) is 0.0335. The predicted octanol–water partition coefficient (Wildman–Crippen LogP) is 2.27. The summed E-state index contributed by atoms with van der Waals surface area (Å²) in [4.78, 5) is 87.9. The van der Waals surface area contributed by atoms with Crippen LogP contribution < -0.4 is 16.4 Å². The number of unbranched alkanes of at least 4 members (excludes halogenated alkanes) is 5. The van der Waals surface area contributed by atoms with Crippen LogP contribution in [-0.2, 0) is 50.7 Å². The fraction of sp³-hybridized carbons (Fsp3) is 0.688. The van der Waals surface area contributed by atoms with Crippen LogP contribution in [0.2, 0.25) is 0 Å². The molecule has 0 bridgehead atoms. The number of hydrogen-bond acceptors (Lipinski definition) is 19. The van der Waals surface area contributed by atoms with Gasteiger partial charge in [0.25, 0.3) is 0 Å². The summed E-state index contributed by atoms with van der Waals surface area (Å²) in [7, 11) is -16.4. The first-order valence-corrected chi connectivity index (χ1v) is 25.4. The highest BCUT2D eigenvalue weighted by atomic mass is 32.2. The number of nitrogens with zero attached hydrogens (tertiary/aromatic N) is 4. The van der Waals surface area contributed by atoms with E-state index < -0.39 is 84.6 Å². The third-order valence-corrected chi connectivity index (χ3v) is 13.4. The first-order valence-electron chi connectivity index (χ1n) is 18.9. The Morgan fingerprint density at radius 3 is 2.39 bits per heavy atom. The molecule has 2 amide bonds. The van der Waals surface area contributed by atoms with Crippen molar-refractivity contribution in [2.75, 3.05) is 43.5 Å². The fourth-order valence-corrected chi connectivity index (χ4v) is 9.68. The van der Waals surface area contributed by atoms with E-state index in [1.807, 2.05) is 0 Å². The number of thioether (sulfide) groups is 2. The first-order chi connectivity index (χ1) is 28.6. The minimum atomic E-state index is -5.57. The number of imidazole rings is 1. The minimum absolute atomic E-state index is 0.0312. The Bertz CT molecular complexity index is 1940. The first kappa shape index (κ1) is 53.0. The molecule has 61 heavy (non-hydrogen) atoms. The van der Waals surface area contributed by atoms with Gasteiger partial charge in [0.2, 0.25) is 16.9 Å². The lowest BCUT2D eigenvalue weighted by atomic mass is 9.87. The Labute approximate surface area is 360 Å². The van der Waals surface area contributed by atoms with Crippen molar-refractivity contribution in [3.05, 3.63) is 24.1 Å². The maximum Gasteiger partial charge on any atom is 0.481 e. The van der Waals surface area contributed by atoms with E-state index in [1.165, 1.54) is 52.0 Å². The van der Waals surface area contributed by atoms with Crippen LogP contribution in [0, 0.1) is 5.41 Å². The molecule has 3 rings (SSSR count). The van der Waals surface area contributed by atoms with Crippen molar-refractivity contribution in [1.29, 1.82) is 0 Å². The van der Waals surface area contributed by atoms with Gasteiger partial charge in [-0.15, -0.1) is 11.8 Å². The number of phosphoric ester groups is 3. The van der Waals surface area contributed by atoms with E-state index in [9.17, 15) is 57.9 Å². The predicted molar refractivity (Wildman–Crippen MR) is 222 cm³/mol. The SMILES string of the molecule is CCCCCCCCS/C=C/C(=O)SCCNC(=O)CCNC(=O)[C@H](O)C(C)(C)COP(=O)(O)OP(=O)(O)OC[C@H]1O[C@@H](n2cnc3c(N)ncnc32)[C@H](O)[C@@H]1OP(=O)(O)O. The van der Waals surface area contributed by atoms with Gasteiger partial charge in [0, 0.05) is 30.7 Å². The number of ether oxygens (including phenoxy) is 1. The van der Waals surface area contributed by atoms with E-state index in [0.717, 1.165) is 41.2 Å². The number of anilines is 1. The maximum atomic E-state index is 12.7. The van der Waals surface area contributed by atoms with Gasteiger partial charge in [-0.3, -0.25) is 32.5 Å². The highest BCUT2D eigenvalue weighted by Crippen LogP contribution is 2.61. The monoisotopic (exact) mass is 965 g/mol. The molecule has 2 unspecified atom stereocenters. The van der Waals surface area contributed by atoms with E-state index in [0.29, 0.717) is 5.75 Å². The molecule has 1 aliphatic heterocycles. The molecule has 1 aliphatic rings. The average Bonchev–Trinajstić information content (AvgIpc) is 3.73. The van der Waals surface area contributed by atoms with Crippen LogP contribution in [0.15, 0.2) is 24.1 Å². The van der Waals surface area contributed by atoms with Gasteiger partial charge in [-0.2, -0.15) is 4.31 Å². The number of nitrogen functional groups attached to an aromatic ring is 1. The van der Waals surface area contributed by atoms with Crippen LogP contribution in [0.3, 0.4) is 0 Å². The molecule has 10 N–H and O–H groups in total. The number of aliphatic hydroxyl groups excluding tert-OH is 2. The molecule has 0 aliphatic carbocycles. The normalized spacial score (nSPS) is 21.0. The van der Waals surface area contributed by atoms with Gasteiger partial charge < -0.3 is 50.9 Å². The summed E-state index contributed by atoms with van der Waals surface area (Å²) in [6, 6.07) is 0. The molecule has 3 heterocycles. The van der Waals surface area contributed by atoms with E-state index >= 15 is 0 Å². The largest absolute Gasteiger partial charge is 0.481 e. The van der Waals surface area contributed by atoms with Crippen LogP contribution in [0.1, 0.15) is 71.9 Å². The van der Waals surface area contributed by atoms with E-state index in [-0.39, 0.29) is 41.6 Å². The smallest absolute Gasteiger partial charge is 0.386 e. The third kappa shape index (κ3) is 18.3. The van der Waals surface area contributed by atoms with Crippen LogP contribution in [-0.4, -0.2) is 128 Å². The number of aliphatic hydroxyl groups is 2. The molecule has 346 valence electrons. The van der Waals surface area contributed by atoms with Crippen molar-refractivity contribution < 1.29 is 80.5 Å². The topological polar surface area (TPSA) is 364 Å². The molecule has 0 radical (unpaired) electrons. The zero-order valence-corrected chi connectivity index (χ0v) is 37.9. The number of phosphoric acid groups is 3. The van der Waals surface area contributed by atoms with E-state index in [2.05, 4.69) is 41.3 Å². The van der Waals surface area contributed by atoms with Crippen LogP contribution >= 0.6 is 47.0 Å². The average molecular weight is 966 g/mol. The number of amides is 2. The van der Waals surface area contributed by atoms with Crippen molar-refractivity contribution >= 4 is 80.9 Å². The third-order valence-electron chi connectivity index (χ3n) is 8.66. The molecular weight excluding hydrogens is 911 g/mol. The summed E-state index contributed by atoms with van der Waals surface area (Å²) in [5.74, 6) is -0.170. The number of carbonyl (C=O) groups is 3. The van der Waals surface area contributed by atoms with Crippen molar-refractivity contribution in [1.82, 2.24) is 30.2 Å². The van der Waals surface area contributed by atoms with Gasteiger partial charge in [-0.05, 0) is 23.7 Å². The summed E-state index contributed by atoms with van der Waals surface area (Å²) in [6.07, 6.45) is 1.78. The van der Waals surface area contributed by atoms with Crippen molar-refractivity contribution in [3.63, 3.8) is 0 Å². The number of nitrogens with one attached hydrogen (secondary N) is 2. The number of aromatic nitrogens is 4.